The molecule has 1 fully saturated rings. The molecular weight excluding hydrogens is 302 g/mol. The highest BCUT2D eigenvalue weighted by molar-refractivity contribution is 5.78. The lowest BCUT2D eigenvalue weighted by Gasteiger charge is -2.19. The minimum absolute atomic E-state index is 0.147. The quantitative estimate of drug-likeness (QED) is 0.772. The van der Waals surface area contributed by atoms with E-state index in [-0.39, 0.29) is 6.04 Å². The highest BCUT2D eigenvalue weighted by Crippen LogP contribution is 2.33. The first-order valence-electron chi connectivity index (χ1n) is 8.18. The van der Waals surface area contributed by atoms with Crippen molar-refractivity contribution in [2.45, 2.75) is 25.8 Å². The summed E-state index contributed by atoms with van der Waals surface area (Å²) in [5.74, 6) is 0. The van der Waals surface area contributed by atoms with Crippen LogP contribution < -0.4 is 0 Å². The lowest BCUT2D eigenvalue weighted by molar-refractivity contribution is 0.139. The number of carbonyl (C=O) groups is 1. The van der Waals surface area contributed by atoms with Crippen molar-refractivity contribution in [2.75, 3.05) is 6.54 Å². The van der Waals surface area contributed by atoms with E-state index < -0.39 is 6.09 Å². The van der Waals surface area contributed by atoms with Gasteiger partial charge in [0.05, 0.1) is 11.7 Å². The molecule has 122 valence electrons. The number of nitrogens with zero attached hydrogens (tertiary/aromatic N) is 3. The normalized spacial score (nSPS) is 17.5. The van der Waals surface area contributed by atoms with Gasteiger partial charge in [-0.05, 0) is 37.0 Å². The zero-order valence-corrected chi connectivity index (χ0v) is 13.5. The summed E-state index contributed by atoms with van der Waals surface area (Å²) < 4.78 is 2.02. The number of aryl methyl sites for hydroxylation is 1. The van der Waals surface area contributed by atoms with Crippen molar-refractivity contribution in [3.8, 4) is 11.1 Å². The molecule has 1 N–H and O–H groups in total. The smallest absolute Gasteiger partial charge is 0.407 e. The average molecular weight is 321 g/mol. The van der Waals surface area contributed by atoms with Gasteiger partial charge in [-0.2, -0.15) is 0 Å². The van der Waals surface area contributed by atoms with Crippen molar-refractivity contribution in [1.29, 1.82) is 0 Å². The van der Waals surface area contributed by atoms with Crippen LogP contribution in [-0.4, -0.2) is 32.0 Å². The maximum absolute atomic E-state index is 11.4. The summed E-state index contributed by atoms with van der Waals surface area (Å²) in [7, 11) is 0. The first-order valence-corrected chi connectivity index (χ1v) is 8.18. The molecule has 4 rings (SSSR count). The molecular formula is C19H19N3O2. The Labute approximate surface area is 140 Å². The number of imidazole rings is 1. The van der Waals surface area contributed by atoms with Crippen molar-refractivity contribution in [2.24, 2.45) is 0 Å². The molecule has 1 atom stereocenters. The van der Waals surface area contributed by atoms with E-state index in [4.69, 9.17) is 4.98 Å². The topological polar surface area (TPSA) is 57.8 Å². The predicted molar refractivity (Wildman–Crippen MR) is 92.1 cm³/mol. The average Bonchev–Trinajstić information content (AvgIpc) is 3.21. The second-order valence-electron chi connectivity index (χ2n) is 6.33. The molecule has 0 aliphatic carbocycles. The van der Waals surface area contributed by atoms with Gasteiger partial charge in [0.1, 0.15) is 5.65 Å². The van der Waals surface area contributed by atoms with Gasteiger partial charge in [0, 0.05) is 24.5 Å². The minimum atomic E-state index is -0.867. The monoisotopic (exact) mass is 321 g/mol. The fraction of sp³-hybridized carbons (Fsp3) is 0.263. The molecule has 1 aromatic carbocycles. The van der Waals surface area contributed by atoms with Gasteiger partial charge in [-0.3, -0.25) is 4.90 Å². The van der Waals surface area contributed by atoms with Crippen molar-refractivity contribution in [1.82, 2.24) is 14.3 Å². The number of likely N-dealkylation sites (tertiary alicyclic amines) is 1. The predicted octanol–water partition coefficient (Wildman–Crippen LogP) is 4.12. The number of rotatable bonds is 2. The number of carboxylic acid groups (broad SMARTS) is 1. The zero-order valence-electron chi connectivity index (χ0n) is 13.5. The molecule has 1 amide bonds. The number of amides is 1. The van der Waals surface area contributed by atoms with Crippen LogP contribution in [0.1, 0.15) is 30.1 Å². The number of benzene rings is 1. The molecule has 1 unspecified atom stereocenters. The van der Waals surface area contributed by atoms with E-state index in [2.05, 4.69) is 25.1 Å². The van der Waals surface area contributed by atoms with Crippen molar-refractivity contribution in [3.63, 3.8) is 0 Å². The standard InChI is InChI=1S/C19H19N3O2/c1-13-10-15(14-6-3-2-4-7-14)18-20-16(12-21(18)11-13)17-8-5-9-22(17)19(23)24/h2-4,6-7,10-12,17H,5,8-9H2,1H3,(H,23,24). The third kappa shape index (κ3) is 2.42. The Kier molecular flexibility index (Phi) is 3.49. The van der Waals surface area contributed by atoms with Crippen molar-refractivity contribution < 1.29 is 9.90 Å². The third-order valence-corrected chi connectivity index (χ3v) is 4.63. The van der Waals surface area contributed by atoms with Gasteiger partial charge < -0.3 is 9.51 Å². The first-order chi connectivity index (χ1) is 11.6. The lowest BCUT2D eigenvalue weighted by atomic mass is 10.1. The van der Waals surface area contributed by atoms with Crippen LogP contribution >= 0.6 is 0 Å². The van der Waals surface area contributed by atoms with Crippen LogP contribution in [0.3, 0.4) is 0 Å². The molecule has 3 aromatic rings. The maximum Gasteiger partial charge on any atom is 0.407 e. The number of fused-ring (bicyclic) bond motifs is 1. The highest BCUT2D eigenvalue weighted by Gasteiger charge is 2.31. The maximum atomic E-state index is 11.4. The van der Waals surface area contributed by atoms with E-state index in [1.54, 1.807) is 0 Å². The lowest BCUT2D eigenvalue weighted by Crippen LogP contribution is -2.28. The van der Waals surface area contributed by atoms with Gasteiger partial charge in [0.2, 0.25) is 0 Å². The summed E-state index contributed by atoms with van der Waals surface area (Å²) in [4.78, 5) is 17.7. The van der Waals surface area contributed by atoms with Crippen LogP contribution in [0.15, 0.2) is 48.8 Å². The highest BCUT2D eigenvalue weighted by atomic mass is 16.4. The number of hydrogen-bond acceptors (Lipinski definition) is 2. The van der Waals surface area contributed by atoms with E-state index in [1.165, 1.54) is 4.90 Å². The number of hydrogen-bond donors (Lipinski definition) is 1. The Hall–Kier alpha value is -2.82. The van der Waals surface area contributed by atoms with Crippen LogP contribution in [0.4, 0.5) is 4.79 Å². The van der Waals surface area contributed by atoms with Gasteiger partial charge in [0.15, 0.2) is 0 Å². The molecule has 24 heavy (non-hydrogen) atoms. The van der Waals surface area contributed by atoms with Crippen LogP contribution in [0.5, 0.6) is 0 Å². The van der Waals surface area contributed by atoms with E-state index >= 15 is 0 Å². The molecule has 0 radical (unpaired) electrons. The van der Waals surface area contributed by atoms with Gasteiger partial charge in [-0.25, -0.2) is 9.78 Å². The van der Waals surface area contributed by atoms with E-state index in [9.17, 15) is 9.90 Å². The molecule has 2 aromatic heterocycles. The fourth-order valence-electron chi connectivity index (χ4n) is 3.55. The second-order valence-corrected chi connectivity index (χ2v) is 6.33. The number of pyridine rings is 1. The summed E-state index contributed by atoms with van der Waals surface area (Å²) in [5.41, 5.74) is 5.04. The number of aromatic nitrogens is 2. The summed E-state index contributed by atoms with van der Waals surface area (Å²) in [6, 6.07) is 12.2. The molecule has 1 aliphatic rings. The molecule has 0 spiro atoms. The van der Waals surface area contributed by atoms with Gasteiger partial charge in [-0.15, -0.1) is 0 Å². The summed E-state index contributed by atoms with van der Waals surface area (Å²) in [6.45, 7) is 2.64. The molecule has 0 bridgehead atoms. The van der Waals surface area contributed by atoms with Gasteiger partial charge >= 0.3 is 6.09 Å². The zero-order chi connectivity index (χ0) is 16.7. The van der Waals surface area contributed by atoms with Crippen LogP contribution in [0.25, 0.3) is 16.8 Å². The Morgan fingerprint density at radius 2 is 2.04 bits per heavy atom. The van der Waals surface area contributed by atoms with Crippen LogP contribution in [-0.2, 0) is 0 Å². The minimum Gasteiger partial charge on any atom is -0.465 e. The molecule has 5 nitrogen and oxygen atoms in total. The molecule has 1 aliphatic heterocycles. The molecule has 0 saturated carbocycles. The second kappa shape index (κ2) is 5.67. The molecule has 1 saturated heterocycles. The Morgan fingerprint density at radius 1 is 1.25 bits per heavy atom. The Balaban J connectivity index is 1.85. The van der Waals surface area contributed by atoms with Crippen LogP contribution in [0.2, 0.25) is 0 Å². The van der Waals surface area contributed by atoms with E-state index in [0.29, 0.717) is 6.54 Å². The van der Waals surface area contributed by atoms with Crippen molar-refractivity contribution >= 4 is 11.7 Å². The SMILES string of the molecule is Cc1cc(-c2ccccc2)c2nc(C3CCCN3C(=O)O)cn2c1. The van der Waals surface area contributed by atoms with Gasteiger partial charge in [-0.1, -0.05) is 30.3 Å². The summed E-state index contributed by atoms with van der Waals surface area (Å²) >= 11 is 0. The first kappa shape index (κ1) is 14.8. The van der Waals surface area contributed by atoms with E-state index in [1.807, 2.05) is 35.0 Å². The van der Waals surface area contributed by atoms with Crippen molar-refractivity contribution in [3.05, 3.63) is 60.0 Å². The Morgan fingerprint density at radius 3 is 2.79 bits per heavy atom. The Bertz CT molecular complexity index is 902. The summed E-state index contributed by atoms with van der Waals surface area (Å²) in [5, 5.41) is 9.39. The van der Waals surface area contributed by atoms with E-state index in [0.717, 1.165) is 40.9 Å². The largest absolute Gasteiger partial charge is 0.465 e. The summed E-state index contributed by atoms with van der Waals surface area (Å²) in [6.07, 6.45) is 4.86. The van der Waals surface area contributed by atoms with Gasteiger partial charge in [0.25, 0.3) is 0 Å². The van der Waals surface area contributed by atoms with Crippen LogP contribution in [0, 0.1) is 6.92 Å². The molecule has 3 heterocycles. The molecule has 5 heteroatoms. The third-order valence-electron chi connectivity index (χ3n) is 4.63. The fourth-order valence-corrected chi connectivity index (χ4v) is 3.55.